The van der Waals surface area contributed by atoms with E-state index >= 15 is 0 Å². The van der Waals surface area contributed by atoms with Gasteiger partial charge >= 0.3 is 0 Å². The first-order valence-corrected chi connectivity index (χ1v) is 6.91. The first-order chi connectivity index (χ1) is 7.57. The van der Waals surface area contributed by atoms with Gasteiger partial charge in [-0.1, -0.05) is 30.3 Å². The Hall–Kier alpha value is -1.36. The number of hydrogen-bond acceptors (Lipinski definition) is 3. The van der Waals surface area contributed by atoms with Gasteiger partial charge in [0, 0.05) is 5.92 Å². The molecule has 16 heavy (non-hydrogen) atoms. The van der Waals surface area contributed by atoms with Crippen molar-refractivity contribution in [3.63, 3.8) is 0 Å². The van der Waals surface area contributed by atoms with E-state index in [0.29, 0.717) is 12.8 Å². The zero-order valence-corrected chi connectivity index (χ0v) is 9.63. The lowest BCUT2D eigenvalue weighted by Gasteiger charge is -2.23. The molecule has 0 aliphatic carbocycles. The third-order valence-corrected chi connectivity index (χ3v) is 4.06. The van der Waals surface area contributed by atoms with Crippen LogP contribution in [0.5, 0.6) is 0 Å². The molecule has 1 amide bonds. The molecular formula is C11H14N2O2S. The minimum Gasteiger partial charge on any atom is -0.274 e. The van der Waals surface area contributed by atoms with E-state index < -0.39 is 9.92 Å². The molecule has 1 unspecified atom stereocenters. The third kappa shape index (κ3) is 2.61. The monoisotopic (exact) mass is 238 g/mol. The minimum atomic E-state index is -2.86. The predicted octanol–water partition coefficient (Wildman–Crippen LogP) is 1.33. The number of rotatable bonds is 2. The van der Waals surface area contributed by atoms with Crippen molar-refractivity contribution in [3.8, 4) is 0 Å². The normalized spacial score (nSPS) is 29.8. The Morgan fingerprint density at radius 2 is 2.06 bits per heavy atom. The maximum atomic E-state index is 11.6. The summed E-state index contributed by atoms with van der Waals surface area (Å²) in [6.07, 6.45) is 1.19. The molecule has 1 heterocycles. The van der Waals surface area contributed by atoms with Crippen LogP contribution in [-0.2, 0) is 21.1 Å². The molecule has 2 rings (SSSR count). The predicted molar refractivity (Wildman–Crippen MR) is 62.1 cm³/mol. The summed E-state index contributed by atoms with van der Waals surface area (Å²) in [4.78, 5) is 11.6. The highest BCUT2D eigenvalue weighted by Gasteiger charge is 2.28. The highest BCUT2D eigenvalue weighted by atomic mass is 32.2. The molecular weight excluding hydrogens is 224 g/mol. The lowest BCUT2D eigenvalue weighted by atomic mass is 9.96. The van der Waals surface area contributed by atoms with Crippen molar-refractivity contribution in [3.05, 3.63) is 35.9 Å². The fourth-order valence-electron chi connectivity index (χ4n) is 1.83. The fourth-order valence-corrected chi connectivity index (χ4v) is 3.04. The van der Waals surface area contributed by atoms with Gasteiger partial charge in [0.25, 0.3) is 0 Å². The van der Waals surface area contributed by atoms with Crippen LogP contribution >= 0.6 is 0 Å². The van der Waals surface area contributed by atoms with Gasteiger partial charge in [0.05, 0.1) is 5.75 Å². The van der Waals surface area contributed by atoms with Crippen LogP contribution in [0.4, 0.5) is 0 Å². The van der Waals surface area contributed by atoms with Crippen molar-refractivity contribution < 1.29 is 9.00 Å². The van der Waals surface area contributed by atoms with Gasteiger partial charge in [-0.05, 0) is 18.4 Å². The second-order valence-corrected chi connectivity index (χ2v) is 5.98. The van der Waals surface area contributed by atoms with Gasteiger partial charge in [0.15, 0.2) is 0 Å². The number of amides is 1. The molecule has 1 saturated heterocycles. The molecule has 0 aromatic heterocycles. The topological polar surface area (TPSA) is 70.0 Å². The summed E-state index contributed by atoms with van der Waals surface area (Å²) in [5.74, 6) is -0.145. The molecule has 0 bridgehead atoms. The second-order valence-electron chi connectivity index (χ2n) is 4.02. The zero-order chi connectivity index (χ0) is 11.6. The Morgan fingerprint density at radius 3 is 2.69 bits per heavy atom. The van der Waals surface area contributed by atoms with Gasteiger partial charge in [-0.15, -0.1) is 0 Å². The third-order valence-electron chi connectivity index (χ3n) is 2.71. The molecule has 4 nitrogen and oxygen atoms in total. The quantitative estimate of drug-likeness (QED) is 0.816. The van der Waals surface area contributed by atoms with E-state index in [1.807, 2.05) is 30.3 Å². The summed E-state index contributed by atoms with van der Waals surface area (Å²) in [6.45, 7) is 0. The van der Waals surface area contributed by atoms with Crippen LogP contribution < -0.4 is 4.72 Å². The molecule has 0 spiro atoms. The molecule has 1 aliphatic heterocycles. The maximum Gasteiger partial charge on any atom is 0.235 e. The molecule has 86 valence electrons. The first kappa shape index (κ1) is 11.1. The Kier molecular flexibility index (Phi) is 2.96. The summed E-state index contributed by atoms with van der Waals surface area (Å²) >= 11 is 0. The van der Waals surface area contributed by atoms with Gasteiger partial charge < -0.3 is 0 Å². The lowest BCUT2D eigenvalue weighted by Crippen LogP contribution is -2.43. The van der Waals surface area contributed by atoms with Crippen molar-refractivity contribution in [2.75, 3.05) is 5.75 Å². The number of hydrogen-bond donors (Lipinski definition) is 2. The molecule has 1 aromatic rings. The van der Waals surface area contributed by atoms with Crippen molar-refractivity contribution in [2.24, 2.45) is 5.92 Å². The molecule has 0 saturated carbocycles. The van der Waals surface area contributed by atoms with Crippen LogP contribution in [0.15, 0.2) is 30.3 Å². The standard InChI is InChI=1S/C11H14N2O2S/c12-16(15)7-6-10(11(14)13-16)8-9-4-2-1-3-5-9/h1-5,10H,6-8H2,(H2,12,13,14,15)/t10?,16-/m1/s1. The van der Waals surface area contributed by atoms with E-state index in [1.54, 1.807) is 0 Å². The highest BCUT2D eigenvalue weighted by Crippen LogP contribution is 2.17. The van der Waals surface area contributed by atoms with Gasteiger partial charge in [-0.25, -0.2) is 8.99 Å². The Morgan fingerprint density at radius 1 is 1.38 bits per heavy atom. The van der Waals surface area contributed by atoms with E-state index in [2.05, 4.69) is 4.72 Å². The van der Waals surface area contributed by atoms with Crippen molar-refractivity contribution in [2.45, 2.75) is 12.8 Å². The van der Waals surface area contributed by atoms with E-state index in [0.717, 1.165) is 5.56 Å². The number of benzene rings is 1. The molecule has 5 heteroatoms. The van der Waals surface area contributed by atoms with E-state index in [4.69, 9.17) is 4.78 Å². The fraction of sp³-hybridized carbons (Fsp3) is 0.364. The number of nitrogens with one attached hydrogen (secondary N) is 2. The van der Waals surface area contributed by atoms with Crippen LogP contribution in [-0.4, -0.2) is 15.9 Å². The molecule has 1 aliphatic rings. The van der Waals surface area contributed by atoms with E-state index in [-0.39, 0.29) is 17.6 Å². The summed E-state index contributed by atoms with van der Waals surface area (Å²) in [5.41, 5.74) is 1.10. The van der Waals surface area contributed by atoms with Crippen molar-refractivity contribution in [1.29, 1.82) is 4.78 Å². The van der Waals surface area contributed by atoms with E-state index in [9.17, 15) is 9.00 Å². The molecule has 2 N–H and O–H groups in total. The average Bonchev–Trinajstić information content (AvgIpc) is 2.23. The maximum absolute atomic E-state index is 11.6. The summed E-state index contributed by atoms with van der Waals surface area (Å²) in [7, 11) is -2.86. The second kappa shape index (κ2) is 4.25. The van der Waals surface area contributed by atoms with Crippen LogP contribution in [0, 0.1) is 10.7 Å². The van der Waals surface area contributed by atoms with Crippen LogP contribution in [0.3, 0.4) is 0 Å². The van der Waals surface area contributed by atoms with Gasteiger partial charge in [0.1, 0.15) is 9.92 Å². The largest absolute Gasteiger partial charge is 0.274 e. The Labute approximate surface area is 95.2 Å². The summed E-state index contributed by atoms with van der Waals surface area (Å²) in [6, 6.07) is 9.74. The smallest absolute Gasteiger partial charge is 0.235 e. The lowest BCUT2D eigenvalue weighted by molar-refractivity contribution is -0.123. The Balaban J connectivity index is 2.05. The summed E-state index contributed by atoms with van der Waals surface area (Å²) < 4.78 is 21.0. The van der Waals surface area contributed by atoms with Gasteiger partial charge in [-0.3, -0.25) is 9.52 Å². The molecule has 2 atom stereocenters. The zero-order valence-electron chi connectivity index (χ0n) is 8.81. The van der Waals surface area contributed by atoms with Crippen LogP contribution in [0.1, 0.15) is 12.0 Å². The number of carbonyl (C=O) groups excluding carboxylic acids is 1. The minimum absolute atomic E-state index is 0.151. The van der Waals surface area contributed by atoms with Crippen molar-refractivity contribution in [1.82, 2.24) is 4.72 Å². The molecule has 0 radical (unpaired) electrons. The van der Waals surface area contributed by atoms with Crippen molar-refractivity contribution >= 4 is 15.8 Å². The average molecular weight is 238 g/mol. The summed E-state index contributed by atoms with van der Waals surface area (Å²) in [5, 5.41) is 0. The van der Waals surface area contributed by atoms with Gasteiger partial charge in [-0.2, -0.15) is 0 Å². The Bertz CT molecular complexity index is 482. The van der Waals surface area contributed by atoms with E-state index in [1.165, 1.54) is 0 Å². The number of carbonyl (C=O) groups is 1. The van der Waals surface area contributed by atoms with Crippen LogP contribution in [0.2, 0.25) is 0 Å². The van der Waals surface area contributed by atoms with Crippen LogP contribution in [0.25, 0.3) is 0 Å². The molecule has 1 aromatic carbocycles. The first-order valence-electron chi connectivity index (χ1n) is 5.19. The molecule has 1 fully saturated rings. The SMILES string of the molecule is N=[S@]1(=O)CCC(Cc2ccccc2)C(=O)N1. The van der Waals surface area contributed by atoms with Gasteiger partial charge in [0.2, 0.25) is 5.91 Å². The highest BCUT2D eigenvalue weighted by molar-refractivity contribution is 7.91.